The summed E-state index contributed by atoms with van der Waals surface area (Å²) < 4.78 is 4.41. The van der Waals surface area contributed by atoms with Gasteiger partial charge >= 0.3 is 0 Å². The average Bonchev–Trinajstić information content (AvgIpc) is 2.88. The van der Waals surface area contributed by atoms with Crippen molar-refractivity contribution in [3.8, 4) is 0 Å². The van der Waals surface area contributed by atoms with Crippen molar-refractivity contribution in [2.24, 2.45) is 0 Å². The Kier molecular flexibility index (Phi) is 3.29. The molecule has 94 valence electrons. The van der Waals surface area contributed by atoms with Gasteiger partial charge in [-0.05, 0) is 32.2 Å². The van der Waals surface area contributed by atoms with Gasteiger partial charge in [-0.1, -0.05) is 6.92 Å². The lowest BCUT2D eigenvalue weighted by Crippen LogP contribution is -2.38. The van der Waals surface area contributed by atoms with E-state index in [1.54, 1.807) is 11.5 Å². The fraction of sp³-hybridized carbons (Fsp3) is 0.833. The van der Waals surface area contributed by atoms with Crippen LogP contribution in [0.5, 0.6) is 0 Å². The third-order valence-electron chi connectivity index (χ3n) is 3.59. The Labute approximate surface area is 107 Å². The third-order valence-corrected chi connectivity index (χ3v) is 4.38. The summed E-state index contributed by atoms with van der Waals surface area (Å²) in [5, 5.41) is 4.71. The third kappa shape index (κ3) is 2.60. The molecule has 0 amide bonds. The lowest BCUT2D eigenvalue weighted by Gasteiger charge is -2.24. The molecule has 1 unspecified atom stereocenters. The van der Waals surface area contributed by atoms with E-state index in [0.717, 1.165) is 30.0 Å². The molecular weight excluding hydrogens is 232 g/mol. The van der Waals surface area contributed by atoms with Crippen LogP contribution in [0.1, 0.15) is 38.4 Å². The molecule has 0 aromatic carbocycles. The van der Waals surface area contributed by atoms with Crippen LogP contribution < -0.4 is 10.2 Å². The summed E-state index contributed by atoms with van der Waals surface area (Å²) in [5.74, 6) is 0.995. The molecule has 1 atom stereocenters. The van der Waals surface area contributed by atoms with Crippen LogP contribution in [-0.4, -0.2) is 34.5 Å². The first-order valence-electron chi connectivity index (χ1n) is 6.69. The van der Waals surface area contributed by atoms with Gasteiger partial charge in [-0.2, -0.15) is 4.37 Å². The predicted molar refractivity (Wildman–Crippen MR) is 70.7 cm³/mol. The molecule has 3 rings (SSSR count). The fourth-order valence-electron chi connectivity index (χ4n) is 2.42. The molecule has 1 aliphatic heterocycles. The van der Waals surface area contributed by atoms with E-state index < -0.39 is 0 Å². The first-order valence-corrected chi connectivity index (χ1v) is 7.46. The Hall–Kier alpha value is -0.680. The van der Waals surface area contributed by atoms with Crippen LogP contribution >= 0.6 is 11.5 Å². The van der Waals surface area contributed by atoms with Crippen LogP contribution in [0.15, 0.2) is 0 Å². The SMILES string of the molecule is CCc1nsc(N(CC2CCCN2)C2CC2)n1. The minimum absolute atomic E-state index is 0.657. The molecule has 0 radical (unpaired) electrons. The lowest BCUT2D eigenvalue weighted by atomic mass is 10.2. The summed E-state index contributed by atoms with van der Waals surface area (Å²) in [6, 6.07) is 1.39. The first kappa shape index (κ1) is 11.4. The van der Waals surface area contributed by atoms with Gasteiger partial charge in [0.05, 0.1) is 0 Å². The number of hydrogen-bond acceptors (Lipinski definition) is 5. The number of nitrogens with one attached hydrogen (secondary N) is 1. The molecular formula is C12H20N4S. The summed E-state index contributed by atoms with van der Waals surface area (Å²) in [6.45, 7) is 4.41. The summed E-state index contributed by atoms with van der Waals surface area (Å²) in [5.41, 5.74) is 0. The van der Waals surface area contributed by atoms with E-state index in [2.05, 4.69) is 26.5 Å². The largest absolute Gasteiger partial charge is 0.342 e. The van der Waals surface area contributed by atoms with E-state index in [0.29, 0.717) is 6.04 Å². The summed E-state index contributed by atoms with van der Waals surface area (Å²) in [6.07, 6.45) is 6.22. The molecule has 1 aromatic rings. The standard InChI is InChI=1S/C12H20N4S/c1-2-11-14-12(17-15-11)16(10-5-6-10)8-9-4-3-7-13-9/h9-10,13H,2-8H2,1H3. The first-order chi connectivity index (χ1) is 8.36. The van der Waals surface area contributed by atoms with Crippen molar-refractivity contribution < 1.29 is 0 Å². The van der Waals surface area contributed by atoms with Crippen molar-refractivity contribution >= 4 is 16.7 Å². The van der Waals surface area contributed by atoms with Crippen LogP contribution in [0.2, 0.25) is 0 Å². The maximum Gasteiger partial charge on any atom is 0.205 e. The Morgan fingerprint density at radius 3 is 2.88 bits per heavy atom. The van der Waals surface area contributed by atoms with Crippen LogP contribution in [0.3, 0.4) is 0 Å². The molecule has 0 bridgehead atoms. The molecule has 2 heterocycles. The van der Waals surface area contributed by atoms with Gasteiger partial charge in [0.25, 0.3) is 0 Å². The van der Waals surface area contributed by atoms with Gasteiger partial charge in [0.2, 0.25) is 5.13 Å². The summed E-state index contributed by atoms with van der Waals surface area (Å²) in [7, 11) is 0. The zero-order chi connectivity index (χ0) is 11.7. The summed E-state index contributed by atoms with van der Waals surface area (Å²) >= 11 is 1.57. The second kappa shape index (κ2) is 4.90. The van der Waals surface area contributed by atoms with Gasteiger partial charge in [0.15, 0.2) is 0 Å². The molecule has 4 nitrogen and oxygen atoms in total. The number of rotatable bonds is 5. The lowest BCUT2D eigenvalue weighted by molar-refractivity contribution is 0.577. The fourth-order valence-corrected chi connectivity index (χ4v) is 3.26. The average molecular weight is 252 g/mol. The minimum Gasteiger partial charge on any atom is -0.342 e. The second-order valence-electron chi connectivity index (χ2n) is 5.02. The van der Waals surface area contributed by atoms with Gasteiger partial charge in [-0.3, -0.25) is 0 Å². The maximum atomic E-state index is 4.64. The van der Waals surface area contributed by atoms with Crippen LogP contribution in [-0.2, 0) is 6.42 Å². The predicted octanol–water partition coefficient (Wildman–Crippen LogP) is 1.82. The number of aromatic nitrogens is 2. The van der Waals surface area contributed by atoms with Crippen molar-refractivity contribution in [1.29, 1.82) is 0 Å². The van der Waals surface area contributed by atoms with E-state index >= 15 is 0 Å². The Balaban J connectivity index is 1.70. The van der Waals surface area contributed by atoms with Crippen LogP contribution in [0.25, 0.3) is 0 Å². The normalized spacial score (nSPS) is 24.2. The zero-order valence-corrected chi connectivity index (χ0v) is 11.2. The number of nitrogens with zero attached hydrogens (tertiary/aromatic N) is 3. The van der Waals surface area contributed by atoms with Crippen molar-refractivity contribution in [2.75, 3.05) is 18.0 Å². The van der Waals surface area contributed by atoms with Gasteiger partial charge in [0, 0.05) is 36.6 Å². The second-order valence-corrected chi connectivity index (χ2v) is 5.75. The highest BCUT2D eigenvalue weighted by molar-refractivity contribution is 7.09. The van der Waals surface area contributed by atoms with Crippen molar-refractivity contribution in [3.63, 3.8) is 0 Å². The van der Waals surface area contributed by atoms with E-state index in [9.17, 15) is 0 Å². The topological polar surface area (TPSA) is 41.1 Å². The van der Waals surface area contributed by atoms with E-state index in [1.807, 2.05) is 0 Å². The van der Waals surface area contributed by atoms with Crippen molar-refractivity contribution in [3.05, 3.63) is 5.82 Å². The molecule has 0 spiro atoms. The molecule has 1 aromatic heterocycles. The van der Waals surface area contributed by atoms with Gasteiger partial charge in [0.1, 0.15) is 5.82 Å². The number of hydrogen-bond donors (Lipinski definition) is 1. The highest BCUT2D eigenvalue weighted by atomic mass is 32.1. The molecule has 5 heteroatoms. The molecule has 1 N–H and O–H groups in total. The quantitative estimate of drug-likeness (QED) is 0.868. The smallest absolute Gasteiger partial charge is 0.205 e. The Morgan fingerprint density at radius 2 is 2.29 bits per heavy atom. The van der Waals surface area contributed by atoms with Crippen molar-refractivity contribution in [1.82, 2.24) is 14.7 Å². The maximum absolute atomic E-state index is 4.64. The van der Waals surface area contributed by atoms with Gasteiger partial charge in [-0.25, -0.2) is 4.98 Å². The summed E-state index contributed by atoms with van der Waals surface area (Å²) in [4.78, 5) is 7.12. The van der Waals surface area contributed by atoms with Gasteiger partial charge < -0.3 is 10.2 Å². The Bertz CT molecular complexity index is 368. The van der Waals surface area contributed by atoms with Crippen LogP contribution in [0.4, 0.5) is 5.13 Å². The van der Waals surface area contributed by atoms with E-state index in [4.69, 9.17) is 0 Å². The molecule has 2 fully saturated rings. The van der Waals surface area contributed by atoms with Gasteiger partial charge in [-0.15, -0.1) is 0 Å². The number of aryl methyl sites for hydroxylation is 1. The molecule has 1 saturated carbocycles. The molecule has 2 aliphatic rings. The highest BCUT2D eigenvalue weighted by Gasteiger charge is 2.33. The number of anilines is 1. The van der Waals surface area contributed by atoms with Crippen LogP contribution in [0, 0.1) is 0 Å². The zero-order valence-electron chi connectivity index (χ0n) is 10.4. The van der Waals surface area contributed by atoms with E-state index in [-0.39, 0.29) is 0 Å². The Morgan fingerprint density at radius 1 is 1.41 bits per heavy atom. The molecule has 1 saturated heterocycles. The highest BCUT2D eigenvalue weighted by Crippen LogP contribution is 2.33. The minimum atomic E-state index is 0.657. The van der Waals surface area contributed by atoms with E-state index in [1.165, 1.54) is 32.2 Å². The molecule has 17 heavy (non-hydrogen) atoms. The monoisotopic (exact) mass is 252 g/mol. The molecule has 1 aliphatic carbocycles. The van der Waals surface area contributed by atoms with Crippen molar-refractivity contribution in [2.45, 2.75) is 51.1 Å².